The average molecular weight is 532 g/mol. The molecule has 1 aromatic heterocycles. The predicted octanol–water partition coefficient (Wildman–Crippen LogP) is 2.56. The molecule has 14 heteroatoms. The summed E-state index contributed by atoms with van der Waals surface area (Å²) in [6.45, 7) is 1.98. The van der Waals surface area contributed by atoms with E-state index in [-0.39, 0.29) is 42.0 Å². The van der Waals surface area contributed by atoms with Crippen LogP contribution in [0.15, 0.2) is 41.3 Å². The predicted molar refractivity (Wildman–Crippen MR) is 121 cm³/mol. The van der Waals surface area contributed by atoms with Crippen LogP contribution in [0.25, 0.3) is 0 Å². The molecule has 1 N–H and O–H groups in total. The van der Waals surface area contributed by atoms with Gasteiger partial charge in [-0.2, -0.15) is 17.5 Å². The Morgan fingerprint density at radius 2 is 1.71 bits per heavy atom. The first-order valence-corrected chi connectivity index (χ1v) is 12.6. The highest BCUT2D eigenvalue weighted by molar-refractivity contribution is 7.89. The largest absolute Gasteiger partial charge is 0.438 e. The minimum atomic E-state index is -4.57. The number of sulfonamides is 1. The van der Waals surface area contributed by atoms with Crippen molar-refractivity contribution in [1.82, 2.24) is 14.6 Å². The quantitative estimate of drug-likeness (QED) is 0.606. The van der Waals surface area contributed by atoms with Crippen LogP contribution in [0.4, 0.5) is 29.5 Å². The number of ether oxygens (including phenoxy) is 1. The highest BCUT2D eigenvalue weighted by Crippen LogP contribution is 2.34. The Hall–Kier alpha value is -2.61. The molecule has 0 bridgehead atoms. The molecule has 0 aliphatic carbocycles. The Morgan fingerprint density at radius 3 is 2.26 bits per heavy atom. The Balaban J connectivity index is 1.26. The Kier molecular flexibility index (Phi) is 5.86. The Morgan fingerprint density at radius 1 is 1.06 bits per heavy atom. The van der Waals surface area contributed by atoms with Crippen molar-refractivity contribution in [3.8, 4) is 0 Å². The van der Waals surface area contributed by atoms with E-state index >= 15 is 0 Å². The van der Waals surface area contributed by atoms with Gasteiger partial charge in [0.15, 0.2) is 5.60 Å². The minimum absolute atomic E-state index is 0.0446. The number of piperazine rings is 1. The SMILES string of the molecule is O=C1OC2(CNC2)CN1c1ccc(S(=O)(=O)N2CCN(c3cc(C(F)(F)F)cc(Cl)n3)CC2)cc1. The van der Waals surface area contributed by atoms with Gasteiger partial charge in [0.2, 0.25) is 10.0 Å². The lowest BCUT2D eigenvalue weighted by atomic mass is 9.97. The van der Waals surface area contributed by atoms with Gasteiger partial charge in [-0.1, -0.05) is 11.6 Å². The summed E-state index contributed by atoms with van der Waals surface area (Å²) in [6, 6.07) is 7.64. The molecule has 1 spiro atoms. The molecule has 1 amide bonds. The molecule has 5 rings (SSSR count). The van der Waals surface area contributed by atoms with E-state index in [9.17, 15) is 26.4 Å². The van der Waals surface area contributed by atoms with Crippen LogP contribution >= 0.6 is 11.6 Å². The molecule has 1 aromatic carbocycles. The number of nitrogens with one attached hydrogen (secondary N) is 1. The fourth-order valence-electron chi connectivity index (χ4n) is 4.32. The van der Waals surface area contributed by atoms with Gasteiger partial charge in [-0.3, -0.25) is 4.90 Å². The van der Waals surface area contributed by atoms with E-state index in [1.165, 1.54) is 21.3 Å². The monoisotopic (exact) mass is 531 g/mol. The summed E-state index contributed by atoms with van der Waals surface area (Å²) in [7, 11) is -3.84. The molecule has 0 saturated carbocycles. The van der Waals surface area contributed by atoms with Crippen molar-refractivity contribution < 1.29 is 31.1 Å². The minimum Gasteiger partial charge on any atom is -0.438 e. The number of carbonyl (C=O) groups is 1. The second-order valence-electron chi connectivity index (χ2n) is 8.66. The first-order chi connectivity index (χ1) is 16.5. The normalized spacial score (nSPS) is 20.7. The fraction of sp³-hybridized carbons (Fsp3) is 0.429. The van der Waals surface area contributed by atoms with Crippen LogP contribution in [0, 0.1) is 0 Å². The molecule has 2 aromatic rings. The maximum Gasteiger partial charge on any atom is 0.416 e. The number of hydrogen-bond donors (Lipinski definition) is 1. The lowest BCUT2D eigenvalue weighted by Gasteiger charge is -2.36. The molecule has 188 valence electrons. The smallest absolute Gasteiger partial charge is 0.416 e. The lowest BCUT2D eigenvalue weighted by Crippen LogP contribution is -2.61. The molecular formula is C21H21ClF3N5O4S. The highest BCUT2D eigenvalue weighted by Gasteiger charge is 2.50. The second-order valence-corrected chi connectivity index (χ2v) is 11.0. The third kappa shape index (κ3) is 4.53. The number of aromatic nitrogens is 1. The third-order valence-corrected chi connectivity index (χ3v) is 8.43. The van der Waals surface area contributed by atoms with Crippen molar-refractivity contribution in [1.29, 1.82) is 0 Å². The van der Waals surface area contributed by atoms with Gasteiger partial charge in [0.1, 0.15) is 11.0 Å². The summed E-state index contributed by atoms with van der Waals surface area (Å²) in [6.07, 6.45) is -5.04. The topological polar surface area (TPSA) is 95.1 Å². The van der Waals surface area contributed by atoms with Crippen molar-refractivity contribution >= 4 is 39.2 Å². The molecule has 4 heterocycles. The zero-order valence-corrected chi connectivity index (χ0v) is 19.8. The summed E-state index contributed by atoms with van der Waals surface area (Å²) in [5.41, 5.74) is -0.903. The van der Waals surface area contributed by atoms with E-state index in [0.29, 0.717) is 25.3 Å². The van der Waals surface area contributed by atoms with Crippen LogP contribution in [-0.4, -0.2) is 75.2 Å². The molecule has 0 atom stereocenters. The number of anilines is 2. The van der Waals surface area contributed by atoms with Crippen molar-refractivity contribution in [3.63, 3.8) is 0 Å². The van der Waals surface area contributed by atoms with Crippen LogP contribution in [-0.2, 0) is 20.9 Å². The van der Waals surface area contributed by atoms with E-state index in [2.05, 4.69) is 10.3 Å². The molecule has 3 aliphatic rings. The van der Waals surface area contributed by atoms with Crippen molar-refractivity contribution in [2.45, 2.75) is 16.7 Å². The van der Waals surface area contributed by atoms with Crippen molar-refractivity contribution in [2.24, 2.45) is 0 Å². The molecule has 3 fully saturated rings. The zero-order valence-electron chi connectivity index (χ0n) is 18.3. The number of amides is 1. The third-order valence-electron chi connectivity index (χ3n) is 6.32. The first-order valence-electron chi connectivity index (χ1n) is 10.8. The van der Waals surface area contributed by atoms with Crippen LogP contribution in [0.1, 0.15) is 5.56 Å². The molecule has 35 heavy (non-hydrogen) atoms. The Bertz CT molecular complexity index is 1250. The number of hydrogen-bond acceptors (Lipinski definition) is 7. The van der Waals surface area contributed by atoms with Crippen LogP contribution in [0.3, 0.4) is 0 Å². The van der Waals surface area contributed by atoms with Gasteiger partial charge >= 0.3 is 12.3 Å². The van der Waals surface area contributed by atoms with Gasteiger partial charge < -0.3 is 15.0 Å². The van der Waals surface area contributed by atoms with E-state index in [1.807, 2.05) is 0 Å². The summed E-state index contributed by atoms with van der Waals surface area (Å²) in [5, 5.41) is 2.79. The van der Waals surface area contributed by atoms with Crippen molar-refractivity contribution in [2.75, 3.05) is 55.6 Å². The number of carbonyl (C=O) groups excluding carboxylic acids is 1. The van der Waals surface area contributed by atoms with Gasteiger partial charge in [0, 0.05) is 45.0 Å². The van der Waals surface area contributed by atoms with Crippen molar-refractivity contribution in [3.05, 3.63) is 47.1 Å². The molecule has 9 nitrogen and oxygen atoms in total. The Labute approximate surface area is 204 Å². The number of alkyl halides is 3. The number of nitrogens with zero attached hydrogens (tertiary/aromatic N) is 4. The highest BCUT2D eigenvalue weighted by atomic mass is 35.5. The average Bonchev–Trinajstić information content (AvgIpc) is 3.16. The number of benzene rings is 1. The molecule has 3 aliphatic heterocycles. The molecular weight excluding hydrogens is 511 g/mol. The number of pyridine rings is 1. The summed E-state index contributed by atoms with van der Waals surface area (Å²) in [5.74, 6) is 0.0446. The summed E-state index contributed by atoms with van der Waals surface area (Å²) < 4.78 is 72.3. The molecule has 3 saturated heterocycles. The second kappa shape index (κ2) is 8.50. The number of halogens is 4. The van der Waals surface area contributed by atoms with Gasteiger partial charge in [0.25, 0.3) is 0 Å². The zero-order chi connectivity index (χ0) is 25.0. The van der Waals surface area contributed by atoms with E-state index < -0.39 is 33.5 Å². The van der Waals surface area contributed by atoms with Gasteiger partial charge in [-0.05, 0) is 36.4 Å². The van der Waals surface area contributed by atoms with E-state index in [0.717, 1.165) is 12.1 Å². The summed E-state index contributed by atoms with van der Waals surface area (Å²) in [4.78, 5) is 19.3. The van der Waals surface area contributed by atoms with Crippen LogP contribution in [0.5, 0.6) is 0 Å². The van der Waals surface area contributed by atoms with Gasteiger partial charge in [-0.25, -0.2) is 18.2 Å². The number of rotatable bonds is 4. The summed E-state index contributed by atoms with van der Waals surface area (Å²) >= 11 is 5.77. The van der Waals surface area contributed by atoms with Gasteiger partial charge in [0.05, 0.1) is 17.0 Å². The van der Waals surface area contributed by atoms with E-state index in [4.69, 9.17) is 16.3 Å². The lowest BCUT2D eigenvalue weighted by molar-refractivity contribution is -0.137. The van der Waals surface area contributed by atoms with Crippen LogP contribution in [0.2, 0.25) is 5.15 Å². The maximum absolute atomic E-state index is 13.1. The van der Waals surface area contributed by atoms with E-state index in [1.54, 1.807) is 17.0 Å². The first kappa shape index (κ1) is 24.1. The molecule has 0 unspecified atom stereocenters. The fourth-order valence-corrected chi connectivity index (χ4v) is 5.95. The van der Waals surface area contributed by atoms with Gasteiger partial charge in [-0.15, -0.1) is 0 Å². The standard InChI is InChI=1S/C21H21ClF3N5O4S/c22-17-9-14(21(23,24)25)10-18(27-17)28-5-7-29(8-6-28)35(32,33)16-3-1-15(2-4-16)30-13-20(11-26-12-20)34-19(30)31/h1-4,9-10,26H,5-8,11-13H2. The van der Waals surface area contributed by atoms with Crippen LogP contribution < -0.4 is 15.1 Å². The maximum atomic E-state index is 13.1. The molecule has 0 radical (unpaired) electrons.